The third kappa shape index (κ3) is 4.80. The van der Waals surface area contributed by atoms with Crippen molar-refractivity contribution in [3.8, 4) is 5.75 Å². The summed E-state index contributed by atoms with van der Waals surface area (Å²) in [5, 5.41) is 0. The van der Waals surface area contributed by atoms with Crippen LogP contribution in [0.2, 0.25) is 0 Å². The van der Waals surface area contributed by atoms with Crippen LogP contribution in [0.3, 0.4) is 0 Å². The van der Waals surface area contributed by atoms with E-state index in [2.05, 4.69) is 0 Å². The highest BCUT2D eigenvalue weighted by Gasteiger charge is 2.56. The van der Waals surface area contributed by atoms with E-state index in [-0.39, 0.29) is 30.4 Å². The third-order valence-corrected chi connectivity index (χ3v) is 9.77. The van der Waals surface area contributed by atoms with E-state index in [9.17, 15) is 4.79 Å². The summed E-state index contributed by atoms with van der Waals surface area (Å²) in [7, 11) is 0. The molecular weight excluding hydrogens is 474 g/mol. The molecule has 1 aromatic rings. The van der Waals surface area contributed by atoms with Crippen LogP contribution >= 0.6 is 0 Å². The number of carbonyl (C=O) groups is 1. The second-order valence-electron chi connectivity index (χ2n) is 12.6. The lowest BCUT2D eigenvalue weighted by Crippen LogP contribution is -2.41. The van der Waals surface area contributed by atoms with Crippen LogP contribution in [0, 0.1) is 11.3 Å². The minimum absolute atomic E-state index is 0.0923. The highest BCUT2D eigenvalue weighted by atomic mass is 16.6. The van der Waals surface area contributed by atoms with E-state index in [0.29, 0.717) is 36.4 Å². The van der Waals surface area contributed by atoms with Gasteiger partial charge in [-0.1, -0.05) is 0 Å². The van der Waals surface area contributed by atoms with Gasteiger partial charge in [-0.3, -0.25) is 4.79 Å². The molecule has 8 rings (SSSR count). The summed E-state index contributed by atoms with van der Waals surface area (Å²) >= 11 is 0. The Balaban J connectivity index is 1.11. The summed E-state index contributed by atoms with van der Waals surface area (Å²) < 4.78 is 34.9. The van der Waals surface area contributed by atoms with Crippen LogP contribution < -0.4 is 10.5 Å². The zero-order valence-corrected chi connectivity index (χ0v) is 21.3. The van der Waals surface area contributed by atoms with Gasteiger partial charge in [-0.25, -0.2) is 0 Å². The maximum Gasteiger partial charge on any atom is 0.317 e. The first-order chi connectivity index (χ1) is 18.0. The Morgan fingerprint density at radius 3 is 2.27 bits per heavy atom. The van der Waals surface area contributed by atoms with E-state index in [4.69, 9.17) is 34.2 Å². The molecule has 0 radical (unpaired) electrons. The molecular formula is C29H37NO7. The van der Waals surface area contributed by atoms with Crippen LogP contribution in [0.25, 0.3) is 0 Å². The average molecular weight is 512 g/mol. The van der Waals surface area contributed by atoms with Gasteiger partial charge in [0, 0.05) is 30.5 Å². The second-order valence-corrected chi connectivity index (χ2v) is 12.6. The Morgan fingerprint density at radius 2 is 1.57 bits per heavy atom. The van der Waals surface area contributed by atoms with E-state index in [1.54, 1.807) is 0 Å². The molecule has 2 aliphatic carbocycles. The van der Waals surface area contributed by atoms with Gasteiger partial charge >= 0.3 is 5.97 Å². The van der Waals surface area contributed by atoms with E-state index in [0.717, 1.165) is 100.0 Å². The molecule has 0 aromatic heterocycles. The standard InChI is InChI=1S/C29H37NO7/c30-27-16(6-17-12-32-17)7-24(20(8-18-13-33-18)21(27)9-19-14-34-19)37-28(31)29(4-3-23-26(11-29)36-23)10-15-1-2-22-25(5-15)35-22/h7,15,17-19,22-23,25-26H,1-6,8-14,30H2. The number of esters is 1. The Labute approximate surface area is 217 Å². The summed E-state index contributed by atoms with van der Waals surface area (Å²) in [6.45, 7) is 2.25. The smallest absolute Gasteiger partial charge is 0.317 e. The molecule has 1 aromatic carbocycles. The van der Waals surface area contributed by atoms with Gasteiger partial charge in [0.1, 0.15) is 5.75 Å². The van der Waals surface area contributed by atoms with Crippen LogP contribution in [-0.2, 0) is 47.7 Å². The SMILES string of the molecule is Nc1c(CC2CO2)cc(OC(=O)C2(CC3CCC4OC4C3)CCC3OC3C2)c(CC2CO2)c1CC1CO1. The molecule has 5 saturated heterocycles. The Hall–Kier alpha value is -1.71. The molecule has 7 aliphatic rings. The molecule has 37 heavy (non-hydrogen) atoms. The van der Waals surface area contributed by atoms with E-state index in [1.165, 1.54) is 0 Å². The molecule has 8 nitrogen and oxygen atoms in total. The Kier molecular flexibility index (Phi) is 5.42. The highest BCUT2D eigenvalue weighted by Crippen LogP contribution is 2.53. The number of fused-ring (bicyclic) bond motifs is 2. The lowest BCUT2D eigenvalue weighted by atomic mass is 9.67. The molecule has 7 fully saturated rings. The number of rotatable bonds is 10. The molecule has 9 atom stereocenters. The first-order valence-electron chi connectivity index (χ1n) is 14.3. The first kappa shape index (κ1) is 23.2. The van der Waals surface area contributed by atoms with Gasteiger partial charge in [0.25, 0.3) is 0 Å². The molecule has 0 bridgehead atoms. The monoisotopic (exact) mass is 511 g/mol. The van der Waals surface area contributed by atoms with Crippen molar-refractivity contribution in [2.45, 2.75) is 107 Å². The topological polar surface area (TPSA) is 115 Å². The maximum absolute atomic E-state index is 14.2. The van der Waals surface area contributed by atoms with Crippen LogP contribution in [0.4, 0.5) is 5.69 Å². The summed E-state index contributed by atoms with van der Waals surface area (Å²) in [6.07, 6.45) is 10.9. The van der Waals surface area contributed by atoms with Crippen molar-refractivity contribution in [3.05, 3.63) is 22.8 Å². The number of anilines is 1. The quantitative estimate of drug-likeness (QED) is 0.221. The Bertz CT molecular complexity index is 1100. The van der Waals surface area contributed by atoms with Gasteiger partial charge in [0.05, 0.1) is 68.0 Å². The van der Waals surface area contributed by atoms with Gasteiger partial charge in [0.2, 0.25) is 0 Å². The van der Waals surface area contributed by atoms with E-state index >= 15 is 0 Å². The summed E-state index contributed by atoms with van der Waals surface area (Å²) in [4.78, 5) is 14.2. The molecule has 2 saturated carbocycles. The molecule has 5 aliphatic heterocycles. The van der Waals surface area contributed by atoms with E-state index < -0.39 is 5.41 Å². The number of nitrogens with two attached hydrogens (primary N) is 1. The lowest BCUT2D eigenvalue weighted by Gasteiger charge is -2.37. The lowest BCUT2D eigenvalue weighted by molar-refractivity contribution is -0.149. The number of carbonyl (C=O) groups excluding carboxylic acids is 1. The van der Waals surface area contributed by atoms with Crippen LogP contribution in [0.1, 0.15) is 61.6 Å². The number of ether oxygens (including phenoxy) is 6. The number of epoxide rings is 5. The van der Waals surface area contributed by atoms with Gasteiger partial charge in [0.15, 0.2) is 0 Å². The summed E-state index contributed by atoms with van der Waals surface area (Å²) in [5.41, 5.74) is 10.1. The predicted molar refractivity (Wildman–Crippen MR) is 132 cm³/mol. The average Bonchev–Trinajstić information content (AvgIpc) is 3.70. The summed E-state index contributed by atoms with van der Waals surface area (Å²) in [6, 6.07) is 2.01. The van der Waals surface area contributed by atoms with Crippen molar-refractivity contribution in [1.82, 2.24) is 0 Å². The molecule has 5 heterocycles. The number of hydrogen-bond donors (Lipinski definition) is 1. The largest absolute Gasteiger partial charge is 0.426 e. The van der Waals surface area contributed by atoms with Crippen molar-refractivity contribution in [2.24, 2.45) is 11.3 Å². The molecule has 200 valence electrons. The normalized spacial score (nSPS) is 42.4. The summed E-state index contributed by atoms with van der Waals surface area (Å²) in [5.74, 6) is 1.07. The fourth-order valence-corrected chi connectivity index (χ4v) is 7.21. The van der Waals surface area contributed by atoms with Crippen molar-refractivity contribution in [2.75, 3.05) is 25.6 Å². The number of benzene rings is 1. The van der Waals surface area contributed by atoms with E-state index in [1.807, 2.05) is 6.07 Å². The maximum atomic E-state index is 14.2. The molecule has 0 spiro atoms. The first-order valence-corrected chi connectivity index (χ1v) is 14.3. The van der Waals surface area contributed by atoms with Gasteiger partial charge in [-0.05, 0) is 68.1 Å². The molecule has 0 amide bonds. The fraction of sp³-hybridized carbons (Fsp3) is 0.759. The van der Waals surface area contributed by atoms with Gasteiger partial charge in [-0.15, -0.1) is 0 Å². The van der Waals surface area contributed by atoms with Gasteiger partial charge in [-0.2, -0.15) is 0 Å². The minimum Gasteiger partial charge on any atom is -0.426 e. The second kappa shape index (κ2) is 8.65. The zero-order chi connectivity index (χ0) is 24.7. The van der Waals surface area contributed by atoms with Gasteiger partial charge < -0.3 is 34.2 Å². The zero-order valence-electron chi connectivity index (χ0n) is 21.3. The van der Waals surface area contributed by atoms with Crippen molar-refractivity contribution < 1.29 is 33.2 Å². The highest BCUT2D eigenvalue weighted by molar-refractivity contribution is 5.81. The van der Waals surface area contributed by atoms with Crippen molar-refractivity contribution >= 4 is 11.7 Å². The third-order valence-electron chi connectivity index (χ3n) is 9.77. The van der Waals surface area contributed by atoms with Crippen LogP contribution in [0.15, 0.2) is 6.07 Å². The number of hydrogen-bond acceptors (Lipinski definition) is 8. The van der Waals surface area contributed by atoms with Crippen LogP contribution in [0.5, 0.6) is 5.75 Å². The van der Waals surface area contributed by atoms with Crippen molar-refractivity contribution in [1.29, 1.82) is 0 Å². The van der Waals surface area contributed by atoms with Crippen LogP contribution in [-0.4, -0.2) is 68.5 Å². The number of nitrogen functional groups attached to an aromatic ring is 1. The minimum atomic E-state index is -0.502. The van der Waals surface area contributed by atoms with Crippen molar-refractivity contribution in [3.63, 3.8) is 0 Å². The Morgan fingerprint density at radius 1 is 0.892 bits per heavy atom. The molecule has 9 unspecified atom stereocenters. The molecule has 2 N–H and O–H groups in total. The fourth-order valence-electron chi connectivity index (χ4n) is 7.21. The predicted octanol–water partition coefficient (Wildman–Crippen LogP) is 2.89. The molecule has 8 heteroatoms.